The highest BCUT2D eigenvalue weighted by Gasteiger charge is 2.21. The standard InChI is InChI=1S/C11H15BrN2O2S/c12-11-7-10(13)2-1-9(11)8-14-3-5-17(15,16)6-4-14/h1-2,7H,3-6,8,13H2. The first kappa shape index (κ1) is 12.9. The van der Waals surface area contributed by atoms with E-state index in [-0.39, 0.29) is 11.5 Å². The molecule has 0 unspecified atom stereocenters. The first-order chi connectivity index (χ1) is 7.96. The molecule has 0 amide bonds. The normalized spacial score (nSPS) is 20.3. The van der Waals surface area contributed by atoms with E-state index >= 15 is 0 Å². The highest BCUT2D eigenvalue weighted by Crippen LogP contribution is 2.22. The van der Waals surface area contributed by atoms with E-state index in [1.807, 2.05) is 18.2 Å². The van der Waals surface area contributed by atoms with Crippen LogP contribution in [0.3, 0.4) is 0 Å². The Balaban J connectivity index is 2.02. The Hall–Kier alpha value is -0.590. The second-order valence-electron chi connectivity index (χ2n) is 4.28. The van der Waals surface area contributed by atoms with Gasteiger partial charge in [-0.3, -0.25) is 4.90 Å². The van der Waals surface area contributed by atoms with Crippen LogP contribution in [0.15, 0.2) is 22.7 Å². The van der Waals surface area contributed by atoms with Gasteiger partial charge in [-0.25, -0.2) is 8.42 Å². The molecule has 1 aromatic rings. The largest absolute Gasteiger partial charge is 0.399 e. The summed E-state index contributed by atoms with van der Waals surface area (Å²) < 4.78 is 23.6. The van der Waals surface area contributed by atoms with Gasteiger partial charge in [0, 0.05) is 29.8 Å². The number of benzene rings is 1. The number of nitrogens with zero attached hydrogens (tertiary/aromatic N) is 1. The minimum absolute atomic E-state index is 0.263. The highest BCUT2D eigenvalue weighted by molar-refractivity contribution is 9.10. The highest BCUT2D eigenvalue weighted by atomic mass is 79.9. The van der Waals surface area contributed by atoms with Crippen molar-refractivity contribution >= 4 is 31.5 Å². The minimum Gasteiger partial charge on any atom is -0.399 e. The average Bonchev–Trinajstić information content (AvgIpc) is 2.25. The van der Waals surface area contributed by atoms with Gasteiger partial charge in [0.15, 0.2) is 9.84 Å². The minimum atomic E-state index is -2.80. The van der Waals surface area contributed by atoms with Crippen molar-refractivity contribution in [2.45, 2.75) is 6.54 Å². The van der Waals surface area contributed by atoms with Crippen LogP contribution in [-0.4, -0.2) is 37.9 Å². The van der Waals surface area contributed by atoms with Crippen LogP contribution in [0.5, 0.6) is 0 Å². The maximum Gasteiger partial charge on any atom is 0.152 e. The molecule has 1 aliphatic rings. The number of anilines is 1. The summed E-state index contributed by atoms with van der Waals surface area (Å²) in [7, 11) is -2.80. The van der Waals surface area contributed by atoms with Crippen molar-refractivity contribution in [3.63, 3.8) is 0 Å². The topological polar surface area (TPSA) is 63.4 Å². The van der Waals surface area contributed by atoms with Crippen molar-refractivity contribution in [2.75, 3.05) is 30.3 Å². The Morgan fingerprint density at radius 2 is 1.94 bits per heavy atom. The van der Waals surface area contributed by atoms with E-state index in [2.05, 4.69) is 20.8 Å². The van der Waals surface area contributed by atoms with Crippen molar-refractivity contribution in [2.24, 2.45) is 0 Å². The van der Waals surface area contributed by atoms with Crippen molar-refractivity contribution < 1.29 is 8.42 Å². The van der Waals surface area contributed by atoms with Gasteiger partial charge in [0.1, 0.15) is 0 Å². The maximum atomic E-state index is 11.3. The van der Waals surface area contributed by atoms with Crippen molar-refractivity contribution in [1.29, 1.82) is 0 Å². The summed E-state index contributed by atoms with van der Waals surface area (Å²) >= 11 is 3.47. The Morgan fingerprint density at radius 1 is 1.29 bits per heavy atom. The summed E-state index contributed by atoms with van der Waals surface area (Å²) in [5.74, 6) is 0.527. The molecule has 0 spiro atoms. The molecule has 2 rings (SSSR count). The fourth-order valence-corrected chi connectivity index (χ4v) is 3.64. The third kappa shape index (κ3) is 3.43. The lowest BCUT2D eigenvalue weighted by atomic mass is 10.2. The smallest absolute Gasteiger partial charge is 0.152 e. The second-order valence-corrected chi connectivity index (χ2v) is 7.44. The quantitative estimate of drug-likeness (QED) is 0.834. The van der Waals surface area contributed by atoms with E-state index in [0.29, 0.717) is 13.1 Å². The molecule has 1 heterocycles. The predicted octanol–water partition coefficient (Wildman–Crippen LogP) is 1.26. The maximum absolute atomic E-state index is 11.3. The van der Waals surface area contributed by atoms with E-state index in [0.717, 1.165) is 22.3 Å². The molecule has 1 saturated heterocycles. The van der Waals surface area contributed by atoms with Gasteiger partial charge in [-0.2, -0.15) is 0 Å². The number of halogens is 1. The fraction of sp³-hybridized carbons (Fsp3) is 0.455. The molecular formula is C11H15BrN2O2S. The summed E-state index contributed by atoms with van der Waals surface area (Å²) in [6, 6.07) is 5.71. The van der Waals surface area contributed by atoms with E-state index in [1.165, 1.54) is 0 Å². The summed E-state index contributed by atoms with van der Waals surface area (Å²) in [6.07, 6.45) is 0. The van der Waals surface area contributed by atoms with Crippen LogP contribution < -0.4 is 5.73 Å². The molecule has 0 saturated carbocycles. The predicted molar refractivity (Wildman–Crippen MR) is 72.5 cm³/mol. The van der Waals surface area contributed by atoms with Crippen LogP contribution in [0, 0.1) is 0 Å². The molecular weight excluding hydrogens is 304 g/mol. The molecule has 4 nitrogen and oxygen atoms in total. The molecule has 6 heteroatoms. The van der Waals surface area contributed by atoms with Crippen LogP contribution in [0.1, 0.15) is 5.56 Å². The molecule has 0 atom stereocenters. The van der Waals surface area contributed by atoms with Gasteiger partial charge in [-0.15, -0.1) is 0 Å². The van der Waals surface area contributed by atoms with Crippen molar-refractivity contribution in [3.05, 3.63) is 28.2 Å². The third-order valence-corrected chi connectivity index (χ3v) is 5.26. The third-order valence-electron chi connectivity index (χ3n) is 2.91. The van der Waals surface area contributed by atoms with Gasteiger partial charge in [-0.1, -0.05) is 22.0 Å². The molecule has 1 aromatic carbocycles. The first-order valence-electron chi connectivity index (χ1n) is 5.43. The molecule has 1 fully saturated rings. The summed E-state index contributed by atoms with van der Waals surface area (Å²) in [5, 5.41) is 0. The van der Waals surface area contributed by atoms with E-state index < -0.39 is 9.84 Å². The van der Waals surface area contributed by atoms with Crippen LogP contribution in [0.2, 0.25) is 0 Å². The van der Waals surface area contributed by atoms with E-state index in [1.54, 1.807) is 0 Å². The molecule has 0 aliphatic carbocycles. The Morgan fingerprint density at radius 3 is 2.53 bits per heavy atom. The molecule has 1 aliphatic heterocycles. The average molecular weight is 319 g/mol. The van der Waals surface area contributed by atoms with Gasteiger partial charge in [0.2, 0.25) is 0 Å². The number of nitrogens with two attached hydrogens (primary N) is 1. The number of nitrogen functional groups attached to an aromatic ring is 1. The first-order valence-corrected chi connectivity index (χ1v) is 8.04. The summed E-state index contributed by atoms with van der Waals surface area (Å²) in [4.78, 5) is 2.15. The molecule has 0 aromatic heterocycles. The second kappa shape index (κ2) is 4.96. The lowest BCUT2D eigenvalue weighted by molar-refractivity contribution is 0.287. The number of sulfone groups is 1. The monoisotopic (exact) mass is 318 g/mol. The van der Waals surface area contributed by atoms with Crippen molar-refractivity contribution in [1.82, 2.24) is 4.90 Å². The van der Waals surface area contributed by atoms with Crippen LogP contribution in [0.4, 0.5) is 5.69 Å². The van der Waals surface area contributed by atoms with Gasteiger partial charge in [-0.05, 0) is 17.7 Å². The zero-order chi connectivity index (χ0) is 12.5. The Labute approximate surface area is 110 Å². The van der Waals surface area contributed by atoms with Gasteiger partial charge >= 0.3 is 0 Å². The van der Waals surface area contributed by atoms with Crippen LogP contribution >= 0.6 is 15.9 Å². The zero-order valence-electron chi connectivity index (χ0n) is 9.39. The zero-order valence-corrected chi connectivity index (χ0v) is 11.8. The van der Waals surface area contributed by atoms with Gasteiger partial charge in [0.05, 0.1) is 11.5 Å². The van der Waals surface area contributed by atoms with Crippen molar-refractivity contribution in [3.8, 4) is 0 Å². The number of rotatable bonds is 2. The number of hydrogen-bond acceptors (Lipinski definition) is 4. The molecule has 2 N–H and O–H groups in total. The lowest BCUT2D eigenvalue weighted by Gasteiger charge is -2.26. The van der Waals surface area contributed by atoms with Crippen LogP contribution in [0.25, 0.3) is 0 Å². The lowest BCUT2D eigenvalue weighted by Crippen LogP contribution is -2.39. The molecule has 0 bridgehead atoms. The Kier molecular flexibility index (Phi) is 3.75. The molecule has 17 heavy (non-hydrogen) atoms. The van der Waals surface area contributed by atoms with Gasteiger partial charge < -0.3 is 5.73 Å². The number of hydrogen-bond donors (Lipinski definition) is 1. The van der Waals surface area contributed by atoms with Gasteiger partial charge in [0.25, 0.3) is 0 Å². The SMILES string of the molecule is Nc1ccc(CN2CCS(=O)(=O)CC2)c(Br)c1. The Bertz CT molecular complexity index is 502. The van der Waals surface area contributed by atoms with E-state index in [4.69, 9.17) is 5.73 Å². The fourth-order valence-electron chi connectivity index (χ4n) is 1.84. The molecule has 94 valence electrons. The summed E-state index contributed by atoms with van der Waals surface area (Å²) in [6.45, 7) is 1.98. The molecule has 0 radical (unpaired) electrons. The summed E-state index contributed by atoms with van der Waals surface area (Å²) in [5.41, 5.74) is 7.53. The van der Waals surface area contributed by atoms with Crippen LogP contribution in [-0.2, 0) is 16.4 Å². The van der Waals surface area contributed by atoms with E-state index in [9.17, 15) is 8.42 Å².